The van der Waals surface area contributed by atoms with Crippen LogP contribution in [-0.4, -0.2) is 28.3 Å². The van der Waals surface area contributed by atoms with E-state index >= 15 is 0 Å². The predicted molar refractivity (Wildman–Crippen MR) is 84.6 cm³/mol. The third-order valence-corrected chi connectivity index (χ3v) is 3.19. The van der Waals surface area contributed by atoms with Crippen molar-refractivity contribution in [3.63, 3.8) is 0 Å². The van der Waals surface area contributed by atoms with E-state index in [0.29, 0.717) is 29.1 Å². The number of aromatic nitrogens is 2. The lowest BCUT2D eigenvalue weighted by Crippen LogP contribution is -2.32. The fourth-order valence-electron chi connectivity index (χ4n) is 2.00. The van der Waals surface area contributed by atoms with E-state index in [0.717, 1.165) is 6.42 Å². The molecule has 118 valence electrons. The van der Waals surface area contributed by atoms with Gasteiger partial charge in [-0.1, -0.05) is 13.8 Å². The van der Waals surface area contributed by atoms with Crippen molar-refractivity contribution in [3.8, 4) is 0 Å². The van der Waals surface area contributed by atoms with Crippen LogP contribution in [0.4, 0.5) is 5.69 Å². The Kier molecular flexibility index (Phi) is 4.98. The summed E-state index contributed by atoms with van der Waals surface area (Å²) in [6.45, 7) is 4.02. The van der Waals surface area contributed by atoms with Gasteiger partial charge in [0.15, 0.2) is 0 Å². The number of fused-ring (bicyclic) bond motifs is 1. The number of carbonyl (C=O) groups excluding carboxylic acids is 2. The van der Waals surface area contributed by atoms with Crippen LogP contribution in [0, 0.1) is 5.92 Å². The van der Waals surface area contributed by atoms with Gasteiger partial charge in [0, 0.05) is 12.1 Å². The monoisotopic (exact) mass is 304 g/mol. The Labute approximate surface area is 127 Å². The molecule has 0 atom stereocenters. The minimum atomic E-state index is -0.310. The van der Waals surface area contributed by atoms with Crippen LogP contribution < -0.4 is 16.3 Å². The molecule has 0 aliphatic heterocycles. The molecule has 0 aliphatic rings. The van der Waals surface area contributed by atoms with E-state index in [9.17, 15) is 14.4 Å². The number of imidazole rings is 1. The summed E-state index contributed by atoms with van der Waals surface area (Å²) in [6.07, 6.45) is 1.21. The van der Waals surface area contributed by atoms with Gasteiger partial charge in [-0.3, -0.25) is 9.59 Å². The molecule has 2 aromatic rings. The largest absolute Gasteiger partial charge is 0.347 e. The summed E-state index contributed by atoms with van der Waals surface area (Å²) in [7, 11) is 0. The molecule has 0 unspecified atom stereocenters. The molecule has 7 heteroatoms. The van der Waals surface area contributed by atoms with E-state index in [-0.39, 0.29) is 24.0 Å². The van der Waals surface area contributed by atoms with Gasteiger partial charge in [-0.05, 0) is 30.5 Å². The lowest BCUT2D eigenvalue weighted by atomic mass is 10.1. The molecular weight excluding hydrogens is 284 g/mol. The van der Waals surface area contributed by atoms with Crippen LogP contribution in [0.3, 0.4) is 0 Å². The zero-order valence-corrected chi connectivity index (χ0v) is 12.7. The Morgan fingerprint density at radius 2 is 1.86 bits per heavy atom. The standard InChI is InChI=1S/C15H20N4O3/c1-9(2)3-6-13(20)16-8-14(21)17-10-4-5-11-12(7-10)19-15(22)18-11/h4-5,7,9H,3,6,8H2,1-2H3,(H,16,20)(H,17,21)(H2,18,19,22). The van der Waals surface area contributed by atoms with Gasteiger partial charge in [0.2, 0.25) is 11.8 Å². The lowest BCUT2D eigenvalue weighted by Gasteiger charge is -2.08. The number of benzene rings is 1. The molecule has 1 heterocycles. The number of hydrogen-bond acceptors (Lipinski definition) is 3. The van der Waals surface area contributed by atoms with Gasteiger partial charge in [0.05, 0.1) is 17.6 Å². The molecule has 0 fully saturated rings. The van der Waals surface area contributed by atoms with Crippen molar-refractivity contribution in [3.05, 3.63) is 28.7 Å². The fraction of sp³-hybridized carbons (Fsp3) is 0.400. The average Bonchev–Trinajstić information content (AvgIpc) is 2.82. The zero-order valence-electron chi connectivity index (χ0n) is 12.7. The Morgan fingerprint density at radius 1 is 1.14 bits per heavy atom. The third-order valence-electron chi connectivity index (χ3n) is 3.19. The van der Waals surface area contributed by atoms with E-state index in [1.54, 1.807) is 18.2 Å². The van der Waals surface area contributed by atoms with Gasteiger partial charge >= 0.3 is 5.69 Å². The molecule has 7 nitrogen and oxygen atoms in total. The summed E-state index contributed by atoms with van der Waals surface area (Å²) in [6, 6.07) is 5.04. The van der Waals surface area contributed by atoms with Crippen molar-refractivity contribution in [2.24, 2.45) is 5.92 Å². The van der Waals surface area contributed by atoms with Crippen molar-refractivity contribution in [2.45, 2.75) is 26.7 Å². The van der Waals surface area contributed by atoms with Crippen LogP contribution >= 0.6 is 0 Å². The van der Waals surface area contributed by atoms with Gasteiger partial charge in [-0.15, -0.1) is 0 Å². The van der Waals surface area contributed by atoms with Crippen LogP contribution in [0.5, 0.6) is 0 Å². The Hall–Kier alpha value is -2.57. The first-order chi connectivity index (χ1) is 10.4. The van der Waals surface area contributed by atoms with E-state index in [4.69, 9.17) is 0 Å². The third kappa shape index (κ3) is 4.47. The Morgan fingerprint density at radius 3 is 2.59 bits per heavy atom. The molecule has 0 saturated carbocycles. The SMILES string of the molecule is CC(C)CCC(=O)NCC(=O)Nc1ccc2[nH]c(=O)[nH]c2c1. The minimum absolute atomic E-state index is 0.0708. The lowest BCUT2D eigenvalue weighted by molar-refractivity contribution is -0.124. The Bertz CT molecular complexity index is 730. The summed E-state index contributed by atoms with van der Waals surface area (Å²) < 4.78 is 0. The molecule has 22 heavy (non-hydrogen) atoms. The Balaban J connectivity index is 1.85. The topological polar surface area (TPSA) is 107 Å². The molecule has 4 N–H and O–H groups in total. The number of hydrogen-bond donors (Lipinski definition) is 4. The van der Waals surface area contributed by atoms with Gasteiger partial charge in [0.25, 0.3) is 0 Å². The predicted octanol–water partition coefficient (Wildman–Crippen LogP) is 1.35. The molecule has 1 aromatic heterocycles. The summed E-state index contributed by atoms with van der Waals surface area (Å²) in [5.41, 5.74) is 1.55. The molecule has 2 rings (SSSR count). The second kappa shape index (κ2) is 6.93. The maximum atomic E-state index is 11.8. The molecular formula is C15H20N4O3. The minimum Gasteiger partial charge on any atom is -0.347 e. The summed E-state index contributed by atoms with van der Waals surface area (Å²) in [4.78, 5) is 39.7. The first-order valence-corrected chi connectivity index (χ1v) is 7.22. The normalized spacial score (nSPS) is 10.9. The summed E-state index contributed by atoms with van der Waals surface area (Å²) in [5.74, 6) is 0.0132. The summed E-state index contributed by atoms with van der Waals surface area (Å²) >= 11 is 0. The van der Waals surface area contributed by atoms with Gasteiger partial charge in [-0.25, -0.2) is 4.79 Å². The van der Waals surface area contributed by atoms with E-state index in [1.165, 1.54) is 0 Å². The number of amides is 2. The number of aromatic amines is 2. The van der Waals surface area contributed by atoms with Crippen LogP contribution in [0.1, 0.15) is 26.7 Å². The smallest absolute Gasteiger partial charge is 0.323 e. The fourth-order valence-corrected chi connectivity index (χ4v) is 2.00. The van der Waals surface area contributed by atoms with Crippen LogP contribution in [0.25, 0.3) is 11.0 Å². The maximum Gasteiger partial charge on any atom is 0.323 e. The van der Waals surface area contributed by atoms with Crippen LogP contribution in [-0.2, 0) is 9.59 Å². The number of H-pyrrole nitrogens is 2. The highest BCUT2D eigenvalue weighted by Crippen LogP contribution is 2.14. The van der Waals surface area contributed by atoms with Crippen molar-refractivity contribution < 1.29 is 9.59 Å². The number of nitrogens with one attached hydrogen (secondary N) is 4. The van der Waals surface area contributed by atoms with Gasteiger partial charge in [0.1, 0.15) is 0 Å². The molecule has 0 saturated heterocycles. The highest BCUT2D eigenvalue weighted by Gasteiger charge is 2.07. The van der Waals surface area contributed by atoms with E-state index < -0.39 is 0 Å². The molecule has 0 aliphatic carbocycles. The van der Waals surface area contributed by atoms with E-state index in [1.807, 2.05) is 13.8 Å². The molecule has 0 bridgehead atoms. The average molecular weight is 304 g/mol. The molecule has 1 aromatic carbocycles. The molecule has 2 amide bonds. The van der Waals surface area contributed by atoms with Gasteiger partial charge < -0.3 is 20.6 Å². The molecule has 0 radical (unpaired) electrons. The maximum absolute atomic E-state index is 11.8. The number of carbonyl (C=O) groups is 2. The first-order valence-electron chi connectivity index (χ1n) is 7.22. The highest BCUT2D eigenvalue weighted by molar-refractivity contribution is 5.96. The first kappa shape index (κ1) is 15.8. The number of rotatable bonds is 6. The number of anilines is 1. The van der Waals surface area contributed by atoms with Crippen molar-refractivity contribution in [1.29, 1.82) is 0 Å². The highest BCUT2D eigenvalue weighted by atomic mass is 16.2. The van der Waals surface area contributed by atoms with Crippen LogP contribution in [0.2, 0.25) is 0 Å². The van der Waals surface area contributed by atoms with Crippen molar-refractivity contribution in [1.82, 2.24) is 15.3 Å². The van der Waals surface area contributed by atoms with Crippen molar-refractivity contribution in [2.75, 3.05) is 11.9 Å². The quantitative estimate of drug-likeness (QED) is 0.647. The molecule has 0 spiro atoms. The second-order valence-electron chi connectivity index (χ2n) is 5.60. The second-order valence-corrected chi connectivity index (χ2v) is 5.60. The van der Waals surface area contributed by atoms with Crippen LogP contribution in [0.15, 0.2) is 23.0 Å². The summed E-state index contributed by atoms with van der Waals surface area (Å²) in [5, 5.41) is 5.26. The zero-order chi connectivity index (χ0) is 16.1. The van der Waals surface area contributed by atoms with Crippen molar-refractivity contribution >= 4 is 28.5 Å². The van der Waals surface area contributed by atoms with E-state index in [2.05, 4.69) is 20.6 Å². The van der Waals surface area contributed by atoms with Gasteiger partial charge in [-0.2, -0.15) is 0 Å².